The van der Waals surface area contributed by atoms with Gasteiger partial charge in [-0.15, -0.1) is 0 Å². The number of rotatable bonds is 4. The van der Waals surface area contributed by atoms with Crippen LogP contribution in [0, 0.1) is 5.82 Å². The third-order valence-corrected chi connectivity index (χ3v) is 7.11. The SMILES string of the molecule is CN1CC2CCC(C(=O)NO)(C1)N2S(=O)c1ccc(-c2cccc(F)c2)nc1. The predicted molar refractivity (Wildman–Crippen MR) is 101 cm³/mol. The molecule has 0 aliphatic carbocycles. The van der Waals surface area contributed by atoms with Crippen LogP contribution >= 0.6 is 0 Å². The van der Waals surface area contributed by atoms with Crippen LogP contribution in [0.3, 0.4) is 0 Å². The van der Waals surface area contributed by atoms with Gasteiger partial charge in [0.2, 0.25) is 0 Å². The fourth-order valence-corrected chi connectivity index (χ4v) is 5.81. The van der Waals surface area contributed by atoms with Crippen LogP contribution in [-0.2, 0) is 15.8 Å². The molecule has 148 valence electrons. The number of aromatic nitrogens is 1. The number of piperazine rings is 1. The van der Waals surface area contributed by atoms with Crippen molar-refractivity contribution < 1.29 is 18.6 Å². The lowest BCUT2D eigenvalue weighted by atomic mass is 9.96. The first-order valence-electron chi connectivity index (χ1n) is 9.01. The summed E-state index contributed by atoms with van der Waals surface area (Å²) in [5.74, 6) is -0.892. The number of benzene rings is 1. The highest BCUT2D eigenvalue weighted by atomic mass is 32.2. The molecule has 1 aromatic carbocycles. The van der Waals surface area contributed by atoms with E-state index in [-0.39, 0.29) is 11.9 Å². The molecule has 7 nitrogen and oxygen atoms in total. The molecule has 28 heavy (non-hydrogen) atoms. The zero-order valence-corrected chi connectivity index (χ0v) is 16.2. The zero-order valence-electron chi connectivity index (χ0n) is 15.3. The Morgan fingerprint density at radius 3 is 2.89 bits per heavy atom. The molecule has 2 N–H and O–H groups in total. The third kappa shape index (κ3) is 3.14. The molecule has 2 saturated heterocycles. The molecule has 2 aromatic rings. The molecule has 0 saturated carbocycles. The Morgan fingerprint density at radius 1 is 1.39 bits per heavy atom. The maximum Gasteiger partial charge on any atom is 0.266 e. The number of pyridine rings is 1. The fraction of sp³-hybridized carbons (Fsp3) is 0.368. The largest absolute Gasteiger partial charge is 0.302 e. The van der Waals surface area contributed by atoms with E-state index in [4.69, 9.17) is 0 Å². The number of hydroxylamine groups is 1. The van der Waals surface area contributed by atoms with Crippen molar-refractivity contribution in [3.63, 3.8) is 0 Å². The summed E-state index contributed by atoms with van der Waals surface area (Å²) in [7, 11) is 0.295. The number of fused-ring (bicyclic) bond motifs is 2. The first-order chi connectivity index (χ1) is 13.4. The summed E-state index contributed by atoms with van der Waals surface area (Å²) in [5.41, 5.74) is 1.92. The number of halogens is 1. The monoisotopic (exact) mass is 404 g/mol. The fourth-order valence-electron chi connectivity index (χ4n) is 4.27. The van der Waals surface area contributed by atoms with Crippen molar-refractivity contribution in [2.45, 2.75) is 29.3 Å². The first kappa shape index (κ1) is 19.1. The van der Waals surface area contributed by atoms with Crippen molar-refractivity contribution in [2.24, 2.45) is 0 Å². The zero-order chi connectivity index (χ0) is 19.9. The summed E-state index contributed by atoms with van der Waals surface area (Å²) < 4.78 is 28.5. The molecule has 3 atom stereocenters. The van der Waals surface area contributed by atoms with Gasteiger partial charge in [-0.2, -0.15) is 4.31 Å². The molecule has 2 bridgehead atoms. The van der Waals surface area contributed by atoms with Crippen LogP contribution in [0.2, 0.25) is 0 Å². The Hall–Kier alpha value is -2.20. The van der Waals surface area contributed by atoms with Crippen LogP contribution in [0.25, 0.3) is 11.3 Å². The van der Waals surface area contributed by atoms with Gasteiger partial charge in [-0.3, -0.25) is 15.0 Å². The van der Waals surface area contributed by atoms with Gasteiger partial charge in [0.25, 0.3) is 5.91 Å². The van der Waals surface area contributed by atoms with Gasteiger partial charge >= 0.3 is 0 Å². The van der Waals surface area contributed by atoms with Gasteiger partial charge in [0.15, 0.2) is 0 Å². The van der Waals surface area contributed by atoms with Gasteiger partial charge in [-0.05, 0) is 44.2 Å². The summed E-state index contributed by atoms with van der Waals surface area (Å²) in [4.78, 5) is 19.3. The second-order valence-corrected chi connectivity index (χ2v) is 8.69. The molecule has 0 radical (unpaired) electrons. The summed E-state index contributed by atoms with van der Waals surface area (Å²) in [6.45, 7) is 1.08. The van der Waals surface area contributed by atoms with E-state index in [0.717, 1.165) is 6.42 Å². The lowest BCUT2D eigenvalue weighted by Gasteiger charge is -2.45. The van der Waals surface area contributed by atoms with Crippen LogP contribution < -0.4 is 5.48 Å². The predicted octanol–water partition coefficient (Wildman–Crippen LogP) is 1.56. The maximum atomic E-state index is 13.4. The van der Waals surface area contributed by atoms with Crippen LogP contribution in [0.15, 0.2) is 47.5 Å². The second-order valence-electron chi connectivity index (χ2n) is 7.33. The molecule has 9 heteroatoms. The van der Waals surface area contributed by atoms with Gasteiger partial charge in [0.1, 0.15) is 22.3 Å². The quantitative estimate of drug-likeness (QED) is 0.597. The third-order valence-electron chi connectivity index (χ3n) is 5.46. The van der Waals surface area contributed by atoms with E-state index in [2.05, 4.69) is 4.98 Å². The molecule has 2 aliphatic rings. The minimum atomic E-state index is -1.61. The highest BCUT2D eigenvalue weighted by molar-refractivity contribution is 7.82. The molecule has 1 aromatic heterocycles. The van der Waals surface area contributed by atoms with Gasteiger partial charge in [0.05, 0.1) is 10.6 Å². The van der Waals surface area contributed by atoms with Crippen LogP contribution in [0.5, 0.6) is 0 Å². The highest BCUT2D eigenvalue weighted by Crippen LogP contribution is 2.41. The van der Waals surface area contributed by atoms with E-state index in [1.165, 1.54) is 18.3 Å². The van der Waals surface area contributed by atoms with Crippen LogP contribution in [-0.4, -0.2) is 61.2 Å². The number of amides is 1. The van der Waals surface area contributed by atoms with Crippen LogP contribution in [0.1, 0.15) is 12.8 Å². The number of hydrogen-bond donors (Lipinski definition) is 2. The smallest absolute Gasteiger partial charge is 0.266 e. The maximum absolute atomic E-state index is 13.4. The minimum absolute atomic E-state index is 0.0558. The average Bonchev–Trinajstić information content (AvgIpc) is 2.95. The van der Waals surface area contributed by atoms with Crippen molar-refractivity contribution >= 4 is 16.9 Å². The average molecular weight is 404 g/mol. The summed E-state index contributed by atoms with van der Waals surface area (Å²) in [6, 6.07) is 9.44. The molecule has 1 amide bonds. The van der Waals surface area contributed by atoms with Gasteiger partial charge < -0.3 is 4.90 Å². The minimum Gasteiger partial charge on any atom is -0.302 e. The number of hydrogen-bond acceptors (Lipinski definition) is 5. The van der Waals surface area contributed by atoms with Gasteiger partial charge in [-0.25, -0.2) is 14.1 Å². The summed E-state index contributed by atoms with van der Waals surface area (Å²) in [6.07, 6.45) is 2.74. The Labute approximate surface area is 164 Å². The van der Waals surface area contributed by atoms with Gasteiger partial charge in [-0.1, -0.05) is 12.1 Å². The Morgan fingerprint density at radius 2 is 2.21 bits per heavy atom. The van der Waals surface area contributed by atoms with E-state index in [0.29, 0.717) is 35.7 Å². The molecular weight excluding hydrogens is 383 g/mol. The summed E-state index contributed by atoms with van der Waals surface area (Å²) >= 11 is 0. The van der Waals surface area contributed by atoms with E-state index in [9.17, 15) is 18.6 Å². The first-order valence-corrected chi connectivity index (χ1v) is 10.1. The van der Waals surface area contributed by atoms with Gasteiger partial charge in [0, 0.05) is 30.9 Å². The number of likely N-dealkylation sites (tertiary alicyclic amines) is 1. The number of nitrogens with one attached hydrogen (secondary N) is 1. The Balaban J connectivity index is 1.64. The van der Waals surface area contributed by atoms with E-state index >= 15 is 0 Å². The molecule has 3 heterocycles. The number of likely N-dealkylation sites (N-methyl/N-ethyl adjacent to an activating group) is 1. The molecule has 2 aliphatic heterocycles. The molecule has 4 rings (SSSR count). The highest BCUT2D eigenvalue weighted by Gasteiger charge is 2.58. The summed E-state index contributed by atoms with van der Waals surface area (Å²) in [5, 5.41) is 9.26. The van der Waals surface area contributed by atoms with E-state index in [1.807, 2.05) is 11.9 Å². The number of carbonyl (C=O) groups is 1. The van der Waals surface area contributed by atoms with E-state index in [1.54, 1.807) is 34.1 Å². The second kappa shape index (κ2) is 7.32. The topological polar surface area (TPSA) is 85.8 Å². The molecule has 0 spiro atoms. The number of carbonyl (C=O) groups excluding carboxylic acids is 1. The lowest BCUT2D eigenvalue weighted by Crippen LogP contribution is -2.66. The van der Waals surface area contributed by atoms with Crippen molar-refractivity contribution in [3.05, 3.63) is 48.4 Å². The van der Waals surface area contributed by atoms with Crippen molar-refractivity contribution in [1.29, 1.82) is 0 Å². The van der Waals surface area contributed by atoms with Crippen LogP contribution in [0.4, 0.5) is 4.39 Å². The van der Waals surface area contributed by atoms with Crippen molar-refractivity contribution in [1.82, 2.24) is 19.7 Å². The molecule has 2 fully saturated rings. The normalized spacial score (nSPS) is 26.2. The molecular formula is C19H21FN4O3S. The Kier molecular flexibility index (Phi) is 5.00. The van der Waals surface area contributed by atoms with E-state index < -0.39 is 22.4 Å². The van der Waals surface area contributed by atoms with Crippen molar-refractivity contribution in [3.8, 4) is 11.3 Å². The molecule has 3 unspecified atom stereocenters. The van der Waals surface area contributed by atoms with Crippen molar-refractivity contribution in [2.75, 3.05) is 20.1 Å². The number of nitrogens with zero attached hydrogens (tertiary/aromatic N) is 3. The lowest BCUT2D eigenvalue weighted by molar-refractivity contribution is -0.141. The standard InChI is InChI=1S/C19H21FN4O3S/c1-23-11-15-7-8-19(12-23,18(25)22-26)24(15)28(27)16-5-6-17(21-10-16)13-3-2-4-14(20)9-13/h2-6,9-10,15,26H,7-8,11-12H2,1H3,(H,22,25). The Bertz CT molecular complexity index is 926.